The monoisotopic (exact) mass is 224 g/mol. The van der Waals surface area contributed by atoms with Crippen LogP contribution in [-0.4, -0.2) is 23.2 Å². The predicted octanol–water partition coefficient (Wildman–Crippen LogP) is 1.72. The summed E-state index contributed by atoms with van der Waals surface area (Å²) in [6, 6.07) is -0.135. The summed E-state index contributed by atoms with van der Waals surface area (Å²) in [5, 5.41) is 3.99. The van der Waals surface area contributed by atoms with Gasteiger partial charge in [-0.25, -0.2) is 0 Å². The Kier molecular flexibility index (Phi) is 3.43. The highest BCUT2D eigenvalue weighted by Gasteiger charge is 2.21. The smallest absolute Gasteiger partial charge is 0.266 e. The first kappa shape index (κ1) is 11.4. The van der Waals surface area contributed by atoms with Crippen molar-refractivity contribution in [3.63, 3.8) is 0 Å². The molecule has 2 rings (SSSR count). The van der Waals surface area contributed by atoms with Crippen LogP contribution in [0, 0.1) is 5.92 Å². The van der Waals surface area contributed by atoms with Gasteiger partial charge in [-0.05, 0) is 30.3 Å². The largest absolute Gasteiger partial charge is 0.338 e. The number of hydrogen-bond donors (Lipinski definition) is 1. The minimum atomic E-state index is -0.135. The molecule has 90 valence electrons. The molecule has 0 unspecified atom stereocenters. The fourth-order valence-electron chi connectivity index (χ4n) is 2.03. The van der Waals surface area contributed by atoms with Crippen LogP contribution in [-0.2, 0) is 0 Å². The maximum absolute atomic E-state index is 5.99. The fourth-order valence-corrected chi connectivity index (χ4v) is 2.03. The van der Waals surface area contributed by atoms with Gasteiger partial charge in [0.2, 0.25) is 5.89 Å². The average Bonchev–Trinajstić information content (AvgIpc) is 2.87. The summed E-state index contributed by atoms with van der Waals surface area (Å²) < 4.78 is 5.21. The van der Waals surface area contributed by atoms with E-state index in [1.807, 2.05) is 0 Å². The minimum Gasteiger partial charge on any atom is -0.338 e. The highest BCUT2D eigenvalue weighted by Crippen LogP contribution is 2.21. The van der Waals surface area contributed by atoms with Crippen LogP contribution in [0.5, 0.6) is 0 Å². The summed E-state index contributed by atoms with van der Waals surface area (Å²) >= 11 is 0. The van der Waals surface area contributed by atoms with Crippen molar-refractivity contribution in [1.29, 1.82) is 0 Å². The first-order valence-corrected chi connectivity index (χ1v) is 6.01. The Morgan fingerprint density at radius 3 is 2.69 bits per heavy atom. The van der Waals surface area contributed by atoms with Gasteiger partial charge in [-0.2, -0.15) is 4.98 Å². The molecule has 0 spiro atoms. The van der Waals surface area contributed by atoms with Crippen molar-refractivity contribution in [2.45, 2.75) is 39.2 Å². The third-order valence-electron chi connectivity index (χ3n) is 2.86. The number of hydrogen-bond acceptors (Lipinski definition) is 5. The van der Waals surface area contributed by atoms with Crippen LogP contribution >= 0.6 is 0 Å². The molecule has 1 aliphatic heterocycles. The van der Waals surface area contributed by atoms with Crippen molar-refractivity contribution in [1.82, 2.24) is 10.1 Å². The molecule has 1 aromatic rings. The summed E-state index contributed by atoms with van der Waals surface area (Å²) in [6.45, 7) is 6.33. The Bertz CT molecular complexity index is 330. The quantitative estimate of drug-likeness (QED) is 0.843. The zero-order valence-corrected chi connectivity index (χ0v) is 10.0. The summed E-state index contributed by atoms with van der Waals surface area (Å²) in [6.07, 6.45) is 3.30. The average molecular weight is 224 g/mol. The van der Waals surface area contributed by atoms with E-state index in [1.165, 1.54) is 12.8 Å². The first-order valence-electron chi connectivity index (χ1n) is 6.01. The second-order valence-corrected chi connectivity index (χ2v) is 4.86. The Morgan fingerprint density at radius 1 is 1.38 bits per heavy atom. The second kappa shape index (κ2) is 4.82. The third-order valence-corrected chi connectivity index (χ3v) is 2.86. The van der Waals surface area contributed by atoms with Gasteiger partial charge in [0, 0.05) is 13.1 Å². The lowest BCUT2D eigenvalue weighted by molar-refractivity contribution is 0.335. The molecule has 1 saturated heterocycles. The first-order chi connectivity index (χ1) is 7.66. The van der Waals surface area contributed by atoms with E-state index in [0.717, 1.165) is 19.5 Å². The summed E-state index contributed by atoms with van der Waals surface area (Å²) in [7, 11) is 0. The Morgan fingerprint density at radius 2 is 2.06 bits per heavy atom. The van der Waals surface area contributed by atoms with Crippen LogP contribution in [0.25, 0.3) is 0 Å². The van der Waals surface area contributed by atoms with Crippen molar-refractivity contribution in [2.24, 2.45) is 11.7 Å². The third kappa shape index (κ3) is 2.52. The maximum Gasteiger partial charge on any atom is 0.266 e. The standard InChI is InChI=1S/C11H20N4O/c1-8(2)7-9(12)10-13-11(14-16-10)15-5-3-4-6-15/h8-9H,3-7,12H2,1-2H3/t9-/m0/s1. The van der Waals surface area contributed by atoms with Crippen LogP contribution in [0.1, 0.15) is 45.0 Å². The van der Waals surface area contributed by atoms with E-state index in [4.69, 9.17) is 10.3 Å². The molecule has 1 aromatic heterocycles. The molecule has 0 radical (unpaired) electrons. The Hall–Kier alpha value is -1.10. The molecule has 0 aromatic carbocycles. The molecule has 5 nitrogen and oxygen atoms in total. The SMILES string of the molecule is CC(C)C[C@H](N)c1nc(N2CCCC2)no1. The lowest BCUT2D eigenvalue weighted by Crippen LogP contribution is -2.19. The lowest BCUT2D eigenvalue weighted by atomic mass is 10.0. The van der Waals surface area contributed by atoms with Crippen LogP contribution in [0.4, 0.5) is 5.95 Å². The highest BCUT2D eigenvalue weighted by molar-refractivity contribution is 5.29. The number of nitrogens with two attached hydrogens (primary N) is 1. The van der Waals surface area contributed by atoms with Gasteiger partial charge in [-0.3, -0.25) is 0 Å². The van der Waals surface area contributed by atoms with Gasteiger partial charge < -0.3 is 15.2 Å². The molecule has 1 fully saturated rings. The lowest BCUT2D eigenvalue weighted by Gasteiger charge is -2.10. The van der Waals surface area contributed by atoms with Gasteiger partial charge in [0.1, 0.15) is 0 Å². The van der Waals surface area contributed by atoms with Gasteiger partial charge in [-0.15, -0.1) is 0 Å². The molecule has 1 atom stereocenters. The topological polar surface area (TPSA) is 68.2 Å². The van der Waals surface area contributed by atoms with Crippen LogP contribution < -0.4 is 10.6 Å². The highest BCUT2D eigenvalue weighted by atomic mass is 16.5. The predicted molar refractivity (Wildman–Crippen MR) is 62.1 cm³/mol. The van der Waals surface area contributed by atoms with Crippen molar-refractivity contribution < 1.29 is 4.52 Å². The van der Waals surface area contributed by atoms with E-state index in [1.54, 1.807) is 0 Å². The number of anilines is 1. The van der Waals surface area contributed by atoms with Crippen LogP contribution in [0.15, 0.2) is 4.52 Å². The molecule has 0 bridgehead atoms. The Labute approximate surface area is 96.0 Å². The maximum atomic E-state index is 5.99. The molecular weight excluding hydrogens is 204 g/mol. The van der Waals surface area contributed by atoms with Gasteiger partial charge in [0.25, 0.3) is 5.95 Å². The van der Waals surface area contributed by atoms with E-state index in [9.17, 15) is 0 Å². The van der Waals surface area contributed by atoms with Crippen molar-refractivity contribution in [2.75, 3.05) is 18.0 Å². The fraction of sp³-hybridized carbons (Fsp3) is 0.818. The van der Waals surface area contributed by atoms with E-state index in [2.05, 4.69) is 28.9 Å². The molecule has 1 aliphatic rings. The van der Waals surface area contributed by atoms with Crippen molar-refractivity contribution in [3.8, 4) is 0 Å². The summed E-state index contributed by atoms with van der Waals surface area (Å²) in [5.74, 6) is 1.81. The molecule has 0 amide bonds. The zero-order chi connectivity index (χ0) is 11.5. The van der Waals surface area contributed by atoms with Crippen molar-refractivity contribution in [3.05, 3.63) is 5.89 Å². The van der Waals surface area contributed by atoms with Crippen molar-refractivity contribution >= 4 is 5.95 Å². The van der Waals surface area contributed by atoms with E-state index in [0.29, 0.717) is 17.8 Å². The Balaban J connectivity index is 2.00. The molecule has 2 N–H and O–H groups in total. The molecule has 16 heavy (non-hydrogen) atoms. The molecule has 0 saturated carbocycles. The molecule has 0 aliphatic carbocycles. The summed E-state index contributed by atoms with van der Waals surface area (Å²) in [4.78, 5) is 6.52. The van der Waals surface area contributed by atoms with Gasteiger partial charge >= 0.3 is 0 Å². The van der Waals surface area contributed by atoms with Crippen LogP contribution in [0.3, 0.4) is 0 Å². The van der Waals surface area contributed by atoms with Gasteiger partial charge in [-0.1, -0.05) is 13.8 Å². The minimum absolute atomic E-state index is 0.135. The zero-order valence-electron chi connectivity index (χ0n) is 10.0. The van der Waals surface area contributed by atoms with Crippen LogP contribution in [0.2, 0.25) is 0 Å². The molecule has 5 heteroatoms. The van der Waals surface area contributed by atoms with E-state index >= 15 is 0 Å². The summed E-state index contributed by atoms with van der Waals surface area (Å²) in [5.41, 5.74) is 5.99. The number of aromatic nitrogens is 2. The molecule has 2 heterocycles. The number of nitrogens with zero attached hydrogens (tertiary/aromatic N) is 3. The van der Waals surface area contributed by atoms with Gasteiger partial charge in [0.15, 0.2) is 0 Å². The number of rotatable bonds is 4. The van der Waals surface area contributed by atoms with E-state index in [-0.39, 0.29) is 6.04 Å². The normalized spacial score (nSPS) is 18.4. The molecular formula is C11H20N4O. The van der Waals surface area contributed by atoms with E-state index < -0.39 is 0 Å². The second-order valence-electron chi connectivity index (χ2n) is 4.86. The van der Waals surface area contributed by atoms with Gasteiger partial charge in [0.05, 0.1) is 6.04 Å².